The maximum Gasteiger partial charge on any atom is 0.317 e. The Bertz CT molecular complexity index is 794. The Morgan fingerprint density at radius 1 is 0.833 bits per heavy atom. The van der Waals surface area contributed by atoms with E-state index >= 15 is 0 Å². The molecule has 1 atom stereocenters. The summed E-state index contributed by atoms with van der Waals surface area (Å²) in [5, 5.41) is 0. The highest BCUT2D eigenvalue weighted by Crippen LogP contribution is 2.34. The summed E-state index contributed by atoms with van der Waals surface area (Å²) in [6.45, 7) is 2.21. The number of carbonyl (C=O) groups excluding carboxylic acids is 1. The summed E-state index contributed by atoms with van der Waals surface area (Å²) < 4.78 is 5.36. The van der Waals surface area contributed by atoms with Crippen LogP contribution in [0.4, 0.5) is 0 Å². The van der Waals surface area contributed by atoms with Crippen LogP contribution in [-0.4, -0.2) is 12.6 Å². The summed E-state index contributed by atoms with van der Waals surface area (Å²) in [4.78, 5) is 12.7. The maximum absolute atomic E-state index is 12.7. The number of benzene rings is 3. The second-order valence-electron chi connectivity index (χ2n) is 5.55. The van der Waals surface area contributed by atoms with Crippen molar-refractivity contribution in [2.75, 3.05) is 6.61 Å². The van der Waals surface area contributed by atoms with Gasteiger partial charge >= 0.3 is 5.97 Å². The molecular formula is C22H20O2. The van der Waals surface area contributed by atoms with Gasteiger partial charge in [0.15, 0.2) is 0 Å². The third-order valence-corrected chi connectivity index (χ3v) is 4.01. The van der Waals surface area contributed by atoms with E-state index in [0.29, 0.717) is 6.61 Å². The molecule has 0 aromatic heterocycles. The van der Waals surface area contributed by atoms with Gasteiger partial charge in [0.1, 0.15) is 5.92 Å². The van der Waals surface area contributed by atoms with E-state index in [0.717, 1.165) is 22.3 Å². The van der Waals surface area contributed by atoms with Crippen LogP contribution in [0.3, 0.4) is 0 Å². The molecule has 3 aromatic carbocycles. The fourth-order valence-corrected chi connectivity index (χ4v) is 2.94. The van der Waals surface area contributed by atoms with Crippen LogP contribution in [0.2, 0.25) is 0 Å². The summed E-state index contributed by atoms with van der Waals surface area (Å²) in [5.41, 5.74) is 4.06. The van der Waals surface area contributed by atoms with Gasteiger partial charge in [0.25, 0.3) is 0 Å². The molecule has 0 aliphatic carbocycles. The largest absolute Gasteiger partial charge is 0.465 e. The number of hydrogen-bond donors (Lipinski definition) is 0. The minimum atomic E-state index is -0.428. The van der Waals surface area contributed by atoms with E-state index in [4.69, 9.17) is 4.74 Å². The Morgan fingerprint density at radius 3 is 2.08 bits per heavy atom. The van der Waals surface area contributed by atoms with Crippen LogP contribution in [-0.2, 0) is 9.53 Å². The highest BCUT2D eigenvalue weighted by Gasteiger charge is 2.26. The Kier molecular flexibility index (Phi) is 5.07. The van der Waals surface area contributed by atoms with Crippen LogP contribution >= 0.6 is 0 Å². The van der Waals surface area contributed by atoms with Gasteiger partial charge in [-0.1, -0.05) is 84.9 Å². The van der Waals surface area contributed by atoms with Crippen LogP contribution in [0, 0.1) is 0 Å². The van der Waals surface area contributed by atoms with Gasteiger partial charge in [-0.2, -0.15) is 0 Å². The molecule has 120 valence electrons. The molecule has 1 unspecified atom stereocenters. The maximum atomic E-state index is 12.7. The molecule has 3 aromatic rings. The molecule has 0 fully saturated rings. The summed E-state index contributed by atoms with van der Waals surface area (Å²) in [6.07, 6.45) is 0. The molecule has 0 radical (unpaired) electrons. The van der Waals surface area contributed by atoms with Crippen LogP contribution in [0.25, 0.3) is 11.1 Å². The summed E-state index contributed by atoms with van der Waals surface area (Å²) >= 11 is 0. The minimum absolute atomic E-state index is 0.216. The Balaban J connectivity index is 2.14. The molecule has 0 spiro atoms. The van der Waals surface area contributed by atoms with Crippen LogP contribution in [0.5, 0.6) is 0 Å². The van der Waals surface area contributed by atoms with Crippen LogP contribution in [0.1, 0.15) is 24.0 Å². The van der Waals surface area contributed by atoms with Gasteiger partial charge in [-0.15, -0.1) is 0 Å². The Hall–Kier alpha value is -2.87. The van der Waals surface area contributed by atoms with Crippen molar-refractivity contribution < 1.29 is 9.53 Å². The zero-order chi connectivity index (χ0) is 16.8. The standard InChI is InChI=1S/C22H20O2/c1-2-24-22(23)21(18-13-7-4-8-14-18)20-16-10-9-15-19(20)17-11-5-3-6-12-17/h3-16,21H,2H2,1H3. The zero-order valence-electron chi connectivity index (χ0n) is 13.7. The summed E-state index contributed by atoms with van der Waals surface area (Å²) in [5.74, 6) is -0.644. The number of hydrogen-bond acceptors (Lipinski definition) is 2. The Morgan fingerprint density at radius 2 is 1.42 bits per heavy atom. The van der Waals surface area contributed by atoms with E-state index < -0.39 is 5.92 Å². The minimum Gasteiger partial charge on any atom is -0.465 e. The van der Waals surface area contributed by atoms with E-state index in [1.54, 1.807) is 0 Å². The van der Waals surface area contributed by atoms with Crippen LogP contribution < -0.4 is 0 Å². The molecule has 0 bridgehead atoms. The fraction of sp³-hybridized carbons (Fsp3) is 0.136. The normalized spacial score (nSPS) is 11.7. The van der Waals surface area contributed by atoms with Crippen molar-refractivity contribution in [3.05, 3.63) is 96.1 Å². The first-order valence-electron chi connectivity index (χ1n) is 8.17. The fourth-order valence-electron chi connectivity index (χ4n) is 2.94. The average molecular weight is 316 g/mol. The lowest BCUT2D eigenvalue weighted by atomic mass is 9.86. The van der Waals surface area contributed by atoms with Crippen molar-refractivity contribution in [2.24, 2.45) is 0 Å². The lowest BCUT2D eigenvalue weighted by Gasteiger charge is -2.20. The second kappa shape index (κ2) is 7.60. The van der Waals surface area contributed by atoms with Gasteiger partial charge in [0.2, 0.25) is 0 Å². The molecule has 3 rings (SSSR count). The van der Waals surface area contributed by atoms with Crippen molar-refractivity contribution in [3.63, 3.8) is 0 Å². The lowest BCUT2D eigenvalue weighted by Crippen LogP contribution is -2.18. The van der Waals surface area contributed by atoms with E-state index in [9.17, 15) is 4.79 Å². The first-order chi connectivity index (χ1) is 11.8. The molecule has 0 aliphatic heterocycles. The first-order valence-corrected chi connectivity index (χ1v) is 8.17. The SMILES string of the molecule is CCOC(=O)C(c1ccccc1)c1ccccc1-c1ccccc1. The number of rotatable bonds is 5. The molecular weight excluding hydrogens is 296 g/mol. The summed E-state index contributed by atoms with van der Waals surface area (Å²) in [7, 11) is 0. The molecule has 0 heterocycles. The predicted molar refractivity (Wildman–Crippen MR) is 96.8 cm³/mol. The zero-order valence-corrected chi connectivity index (χ0v) is 13.7. The van der Waals surface area contributed by atoms with Crippen LogP contribution in [0.15, 0.2) is 84.9 Å². The first kappa shape index (κ1) is 16.0. The number of ether oxygens (including phenoxy) is 1. The second-order valence-corrected chi connectivity index (χ2v) is 5.55. The molecule has 2 heteroatoms. The van der Waals surface area contributed by atoms with E-state index in [-0.39, 0.29) is 5.97 Å². The monoisotopic (exact) mass is 316 g/mol. The number of esters is 1. The van der Waals surface area contributed by atoms with Gasteiger partial charge in [0, 0.05) is 0 Å². The van der Waals surface area contributed by atoms with Crippen molar-refractivity contribution in [1.82, 2.24) is 0 Å². The molecule has 0 N–H and O–H groups in total. The quantitative estimate of drug-likeness (QED) is 0.616. The van der Waals surface area contributed by atoms with E-state index in [1.807, 2.05) is 73.7 Å². The Labute approximate surface area is 142 Å². The molecule has 0 saturated carbocycles. The topological polar surface area (TPSA) is 26.3 Å². The van der Waals surface area contributed by atoms with Gasteiger partial charge in [0.05, 0.1) is 6.61 Å². The number of carbonyl (C=O) groups is 1. The highest BCUT2D eigenvalue weighted by atomic mass is 16.5. The molecule has 24 heavy (non-hydrogen) atoms. The van der Waals surface area contributed by atoms with Gasteiger partial charge in [-0.3, -0.25) is 4.79 Å². The van der Waals surface area contributed by atoms with Gasteiger partial charge < -0.3 is 4.74 Å². The molecule has 0 aliphatic rings. The highest BCUT2D eigenvalue weighted by molar-refractivity contribution is 5.86. The van der Waals surface area contributed by atoms with Gasteiger partial charge in [-0.25, -0.2) is 0 Å². The molecule has 2 nitrogen and oxygen atoms in total. The smallest absolute Gasteiger partial charge is 0.317 e. The van der Waals surface area contributed by atoms with Crippen molar-refractivity contribution >= 4 is 5.97 Å². The lowest BCUT2D eigenvalue weighted by molar-refractivity contribution is -0.143. The van der Waals surface area contributed by atoms with Crippen molar-refractivity contribution in [3.8, 4) is 11.1 Å². The predicted octanol–water partition coefficient (Wildman–Crippen LogP) is 5.05. The molecule has 0 amide bonds. The third-order valence-electron chi connectivity index (χ3n) is 4.01. The summed E-state index contributed by atoms with van der Waals surface area (Å²) in [6, 6.07) is 28.0. The molecule has 0 saturated heterocycles. The van der Waals surface area contributed by atoms with E-state index in [1.165, 1.54) is 0 Å². The van der Waals surface area contributed by atoms with Crippen molar-refractivity contribution in [1.29, 1.82) is 0 Å². The average Bonchev–Trinajstić information content (AvgIpc) is 2.64. The van der Waals surface area contributed by atoms with Gasteiger partial charge in [-0.05, 0) is 29.2 Å². The van der Waals surface area contributed by atoms with E-state index in [2.05, 4.69) is 18.2 Å². The third kappa shape index (κ3) is 3.38. The van der Waals surface area contributed by atoms with Crippen molar-refractivity contribution in [2.45, 2.75) is 12.8 Å².